The van der Waals surface area contributed by atoms with Crippen LogP contribution in [0.15, 0.2) is 35.3 Å². The smallest absolute Gasteiger partial charge is 0.406 e. The summed E-state index contributed by atoms with van der Waals surface area (Å²) in [6, 6.07) is 4.48. The predicted octanol–water partition coefficient (Wildman–Crippen LogP) is 5.61. The van der Waals surface area contributed by atoms with Crippen molar-refractivity contribution in [2.75, 3.05) is 31.0 Å². The molecule has 0 saturated carbocycles. The molecule has 2 amide bonds. The number of ether oxygens (including phenoxy) is 1. The summed E-state index contributed by atoms with van der Waals surface area (Å²) in [7, 11) is 1.15. The highest BCUT2D eigenvalue weighted by molar-refractivity contribution is 6.35. The highest BCUT2D eigenvalue weighted by atomic mass is 35.5. The van der Waals surface area contributed by atoms with Gasteiger partial charge in [-0.1, -0.05) is 29.3 Å². The van der Waals surface area contributed by atoms with Crippen molar-refractivity contribution in [2.45, 2.75) is 45.2 Å². The molecule has 1 aliphatic rings. The van der Waals surface area contributed by atoms with Gasteiger partial charge in [-0.25, -0.2) is 4.39 Å². The maximum atomic E-state index is 15.8. The van der Waals surface area contributed by atoms with Crippen molar-refractivity contribution >= 4 is 63.2 Å². The molecule has 0 spiro atoms. The number of piperazine rings is 1. The molecule has 3 aromatic rings. The van der Waals surface area contributed by atoms with E-state index in [0.717, 1.165) is 19.4 Å². The zero-order valence-corrected chi connectivity index (χ0v) is 25.5. The van der Waals surface area contributed by atoms with Crippen LogP contribution in [-0.2, 0) is 17.9 Å². The molecule has 8 nitrogen and oxygen atoms in total. The van der Waals surface area contributed by atoms with Gasteiger partial charge in [-0.2, -0.15) is 13.2 Å². The van der Waals surface area contributed by atoms with E-state index in [1.54, 1.807) is 29.7 Å². The molecule has 15 heteroatoms. The summed E-state index contributed by atoms with van der Waals surface area (Å²) in [4.78, 5) is 42.0. The lowest BCUT2D eigenvalue weighted by Gasteiger charge is -2.45. The van der Waals surface area contributed by atoms with Crippen LogP contribution in [0, 0.1) is 5.82 Å². The molecule has 2 atom stereocenters. The number of fused-ring (bicyclic) bond motifs is 1. The Morgan fingerprint density at radius 3 is 2.33 bits per heavy atom. The van der Waals surface area contributed by atoms with Gasteiger partial charge < -0.3 is 24.4 Å². The van der Waals surface area contributed by atoms with Gasteiger partial charge in [0.15, 0.2) is 11.6 Å². The number of nitrogens with one attached hydrogen (secondary N) is 1. The van der Waals surface area contributed by atoms with Gasteiger partial charge in [0.2, 0.25) is 11.3 Å². The van der Waals surface area contributed by atoms with Gasteiger partial charge >= 0.3 is 6.18 Å². The molecule has 4 rings (SSSR count). The number of methoxy groups -OCH3 is 1. The summed E-state index contributed by atoms with van der Waals surface area (Å²) < 4.78 is 63.3. The van der Waals surface area contributed by atoms with Crippen molar-refractivity contribution in [2.24, 2.45) is 0 Å². The van der Waals surface area contributed by atoms with E-state index in [1.165, 1.54) is 12.1 Å². The Labute approximate surface area is 259 Å². The summed E-state index contributed by atoms with van der Waals surface area (Å²) in [5.74, 6) is -2.79. The van der Waals surface area contributed by atoms with E-state index >= 15 is 4.39 Å². The average Bonchev–Trinajstić information content (AvgIpc) is 2.91. The van der Waals surface area contributed by atoms with Crippen molar-refractivity contribution in [3.8, 4) is 5.75 Å². The molecule has 2 heterocycles. The number of aromatic nitrogens is 1. The van der Waals surface area contributed by atoms with Gasteiger partial charge in [-0.15, -0.1) is 11.6 Å². The lowest BCUT2D eigenvalue weighted by molar-refractivity contribution is -0.140. The number of nitrogens with zero attached hydrogens (tertiary/aromatic N) is 3. The zero-order chi connectivity index (χ0) is 31.8. The number of halogens is 7. The first-order chi connectivity index (χ1) is 20.2. The van der Waals surface area contributed by atoms with Crippen LogP contribution in [-0.4, -0.2) is 65.6 Å². The van der Waals surface area contributed by atoms with Crippen LogP contribution in [0.25, 0.3) is 10.9 Å². The second-order valence-electron chi connectivity index (χ2n) is 10.2. The number of benzene rings is 2. The third-order valence-corrected chi connectivity index (χ3v) is 7.95. The van der Waals surface area contributed by atoms with E-state index in [2.05, 4.69) is 5.32 Å². The molecular weight excluding hydrogens is 639 g/mol. The molecule has 232 valence electrons. The Bertz CT molecular complexity index is 1620. The van der Waals surface area contributed by atoms with E-state index in [4.69, 9.17) is 39.5 Å². The maximum absolute atomic E-state index is 15.8. The minimum absolute atomic E-state index is 0.114. The van der Waals surface area contributed by atoms with Gasteiger partial charge in [-0.3, -0.25) is 14.4 Å². The Morgan fingerprint density at radius 2 is 1.77 bits per heavy atom. The van der Waals surface area contributed by atoms with Crippen LogP contribution in [0.2, 0.25) is 10.0 Å². The number of rotatable bonds is 7. The average molecular weight is 666 g/mol. The Balaban J connectivity index is 1.83. The highest BCUT2D eigenvalue weighted by Crippen LogP contribution is 2.40. The third kappa shape index (κ3) is 6.81. The van der Waals surface area contributed by atoms with E-state index in [0.29, 0.717) is 15.2 Å². The van der Waals surface area contributed by atoms with Crippen LogP contribution in [0.4, 0.5) is 23.2 Å². The molecule has 0 bridgehead atoms. The number of amides is 2. The van der Waals surface area contributed by atoms with Crippen molar-refractivity contribution in [3.05, 3.63) is 67.7 Å². The molecule has 1 fully saturated rings. The van der Waals surface area contributed by atoms with Gasteiger partial charge in [0.25, 0.3) is 5.91 Å². The first-order valence-electron chi connectivity index (χ1n) is 13.0. The molecule has 1 aliphatic heterocycles. The first kappa shape index (κ1) is 32.7. The summed E-state index contributed by atoms with van der Waals surface area (Å²) in [6.45, 7) is 1.95. The standard InChI is InChI=1S/C28H27Cl3F4N4O4/c1-14-10-37(11-15(2)39(14)22(40)8-29)24-21(32)7-18-23(26(24)43-3)38(13-28(33,34)35)12-19(25(18)41)27(42)36-9-16-4-5-17(30)6-20(16)31/h4-7,12,14-15H,8-11,13H2,1-3H3,(H,36,42). The molecule has 2 aromatic carbocycles. The lowest BCUT2D eigenvalue weighted by atomic mass is 10.0. The normalized spacial score (nSPS) is 17.3. The lowest BCUT2D eigenvalue weighted by Crippen LogP contribution is -2.59. The maximum Gasteiger partial charge on any atom is 0.406 e. The van der Waals surface area contributed by atoms with E-state index in [9.17, 15) is 27.6 Å². The Hall–Kier alpha value is -3.22. The summed E-state index contributed by atoms with van der Waals surface area (Å²) in [5, 5.41) is 2.58. The molecule has 43 heavy (non-hydrogen) atoms. The Morgan fingerprint density at radius 1 is 1.12 bits per heavy atom. The quantitative estimate of drug-likeness (QED) is 0.262. The fraction of sp³-hybridized carbons (Fsp3) is 0.393. The number of pyridine rings is 1. The molecule has 0 aliphatic carbocycles. The molecule has 2 unspecified atom stereocenters. The van der Waals surface area contributed by atoms with Gasteiger partial charge in [-0.05, 0) is 37.6 Å². The minimum Gasteiger partial charge on any atom is -0.492 e. The fourth-order valence-corrected chi connectivity index (χ4v) is 6.07. The first-order valence-corrected chi connectivity index (χ1v) is 14.3. The molecule has 1 aromatic heterocycles. The van der Waals surface area contributed by atoms with E-state index in [1.807, 2.05) is 0 Å². The van der Waals surface area contributed by atoms with Crippen LogP contribution < -0.4 is 20.4 Å². The largest absolute Gasteiger partial charge is 0.492 e. The molecule has 0 radical (unpaired) electrons. The van der Waals surface area contributed by atoms with Crippen LogP contribution in [0.1, 0.15) is 29.8 Å². The zero-order valence-electron chi connectivity index (χ0n) is 23.2. The number of carbonyl (C=O) groups is 2. The van der Waals surface area contributed by atoms with Gasteiger partial charge in [0.05, 0.1) is 18.0 Å². The van der Waals surface area contributed by atoms with Gasteiger partial charge in [0.1, 0.15) is 23.7 Å². The molecule has 1 N–H and O–H groups in total. The second-order valence-corrected chi connectivity index (χ2v) is 11.3. The number of carbonyl (C=O) groups excluding carboxylic acids is 2. The Kier molecular flexibility index (Phi) is 9.72. The summed E-state index contributed by atoms with van der Waals surface area (Å²) >= 11 is 17.8. The van der Waals surface area contributed by atoms with Crippen LogP contribution >= 0.6 is 34.8 Å². The van der Waals surface area contributed by atoms with E-state index in [-0.39, 0.29) is 53.4 Å². The molecule has 1 saturated heterocycles. The van der Waals surface area contributed by atoms with Crippen LogP contribution in [0.3, 0.4) is 0 Å². The SMILES string of the molecule is COc1c(N2CC(C)N(C(=O)CCl)C(C)C2)c(F)cc2c(=O)c(C(=O)NCc3ccc(Cl)cc3Cl)cn(CC(F)(F)F)c12. The fourth-order valence-electron chi connectivity index (χ4n) is 5.46. The number of hydrogen-bond donors (Lipinski definition) is 1. The number of hydrogen-bond acceptors (Lipinski definition) is 5. The third-order valence-electron chi connectivity index (χ3n) is 7.13. The van der Waals surface area contributed by atoms with Crippen molar-refractivity contribution in [1.29, 1.82) is 0 Å². The summed E-state index contributed by atoms with van der Waals surface area (Å²) in [5.41, 5.74) is -1.68. The minimum atomic E-state index is -4.78. The predicted molar refractivity (Wildman–Crippen MR) is 157 cm³/mol. The van der Waals surface area contributed by atoms with Gasteiger partial charge in [0, 0.05) is 48.0 Å². The molecular formula is C28H27Cl3F4N4O4. The van der Waals surface area contributed by atoms with Crippen molar-refractivity contribution in [3.63, 3.8) is 0 Å². The van der Waals surface area contributed by atoms with Crippen LogP contribution in [0.5, 0.6) is 5.75 Å². The number of alkyl halides is 4. The second kappa shape index (κ2) is 12.8. The monoisotopic (exact) mass is 664 g/mol. The topological polar surface area (TPSA) is 83.9 Å². The summed E-state index contributed by atoms with van der Waals surface area (Å²) in [6.07, 6.45) is -3.99. The van der Waals surface area contributed by atoms with Crippen molar-refractivity contribution in [1.82, 2.24) is 14.8 Å². The van der Waals surface area contributed by atoms with Crippen molar-refractivity contribution < 1.29 is 31.9 Å². The number of anilines is 1. The highest BCUT2D eigenvalue weighted by Gasteiger charge is 2.36. The van der Waals surface area contributed by atoms with E-state index < -0.39 is 52.9 Å².